The molecule has 24 heavy (non-hydrogen) atoms. The van der Waals surface area contributed by atoms with Gasteiger partial charge in [-0.25, -0.2) is 0 Å². The first-order valence-corrected chi connectivity index (χ1v) is 8.70. The van der Waals surface area contributed by atoms with Gasteiger partial charge in [0.05, 0.1) is 0 Å². The average Bonchev–Trinajstić information content (AvgIpc) is 3.31. The largest absolute Gasteiger partial charge is 0.356 e. The molecule has 6 nitrogen and oxygen atoms in total. The van der Waals surface area contributed by atoms with Gasteiger partial charge in [0, 0.05) is 39.1 Å². The minimum atomic E-state index is 0.610. The Morgan fingerprint density at radius 2 is 2.00 bits per heavy atom. The number of aliphatic imine (C=N–C) groups is 1. The lowest BCUT2D eigenvalue weighted by Crippen LogP contribution is -2.40. The van der Waals surface area contributed by atoms with Crippen LogP contribution in [-0.2, 0) is 6.54 Å². The van der Waals surface area contributed by atoms with Gasteiger partial charge >= 0.3 is 0 Å². The average molecular weight is 326 g/mol. The van der Waals surface area contributed by atoms with E-state index in [0.29, 0.717) is 5.92 Å². The molecule has 128 valence electrons. The molecule has 0 spiro atoms. The van der Waals surface area contributed by atoms with Crippen molar-refractivity contribution in [1.82, 2.24) is 25.0 Å². The molecule has 0 bridgehead atoms. The summed E-state index contributed by atoms with van der Waals surface area (Å²) in [5, 5.41) is 11.1. The van der Waals surface area contributed by atoms with E-state index >= 15 is 0 Å². The van der Waals surface area contributed by atoms with Crippen molar-refractivity contribution in [2.24, 2.45) is 4.99 Å². The molecule has 1 aromatic carbocycles. The molecule has 2 heterocycles. The van der Waals surface area contributed by atoms with E-state index in [0.717, 1.165) is 45.0 Å². The molecular weight excluding hydrogens is 300 g/mol. The molecule has 1 aliphatic rings. The van der Waals surface area contributed by atoms with Crippen molar-refractivity contribution in [3.8, 4) is 0 Å². The number of benzene rings is 1. The molecule has 0 aliphatic carbocycles. The van der Waals surface area contributed by atoms with E-state index < -0.39 is 0 Å². The van der Waals surface area contributed by atoms with Crippen molar-refractivity contribution < 1.29 is 0 Å². The van der Waals surface area contributed by atoms with Gasteiger partial charge in [0.2, 0.25) is 0 Å². The Morgan fingerprint density at radius 1 is 1.21 bits per heavy atom. The summed E-state index contributed by atoms with van der Waals surface area (Å²) in [6, 6.07) is 10.8. The summed E-state index contributed by atoms with van der Waals surface area (Å²) < 4.78 is 2.01. The van der Waals surface area contributed by atoms with Crippen LogP contribution in [0.4, 0.5) is 0 Å². The Bertz CT molecular complexity index is 622. The van der Waals surface area contributed by atoms with E-state index in [-0.39, 0.29) is 0 Å². The third-order valence-electron chi connectivity index (χ3n) is 4.56. The molecular formula is C18H26N6. The second-order valence-electron chi connectivity index (χ2n) is 6.22. The minimum absolute atomic E-state index is 0.610. The summed E-state index contributed by atoms with van der Waals surface area (Å²) in [4.78, 5) is 6.82. The van der Waals surface area contributed by atoms with Crippen LogP contribution < -0.4 is 5.32 Å². The van der Waals surface area contributed by atoms with Crippen LogP contribution in [-0.4, -0.2) is 52.3 Å². The second kappa shape index (κ2) is 8.47. The summed E-state index contributed by atoms with van der Waals surface area (Å²) in [5.74, 6) is 1.64. The van der Waals surface area contributed by atoms with Crippen LogP contribution in [0.5, 0.6) is 0 Å². The summed E-state index contributed by atoms with van der Waals surface area (Å²) in [7, 11) is 1.87. The zero-order valence-electron chi connectivity index (χ0n) is 14.3. The maximum atomic E-state index is 4.45. The van der Waals surface area contributed by atoms with Gasteiger partial charge in [-0.2, -0.15) is 0 Å². The molecule has 1 unspecified atom stereocenters. The molecule has 1 N–H and O–H groups in total. The second-order valence-corrected chi connectivity index (χ2v) is 6.22. The fraction of sp³-hybridized carbons (Fsp3) is 0.500. The first-order chi connectivity index (χ1) is 11.9. The first-order valence-electron chi connectivity index (χ1n) is 8.70. The summed E-state index contributed by atoms with van der Waals surface area (Å²) in [5.41, 5.74) is 1.43. The molecule has 3 rings (SSSR count). The smallest absolute Gasteiger partial charge is 0.193 e. The predicted octanol–water partition coefficient (Wildman–Crippen LogP) is 2.12. The van der Waals surface area contributed by atoms with Crippen LogP contribution in [0.3, 0.4) is 0 Å². The molecule has 6 heteroatoms. The Labute approximate surface area is 143 Å². The van der Waals surface area contributed by atoms with E-state index in [4.69, 9.17) is 0 Å². The van der Waals surface area contributed by atoms with Crippen LogP contribution in [0, 0.1) is 0 Å². The van der Waals surface area contributed by atoms with E-state index in [2.05, 4.69) is 55.7 Å². The highest BCUT2D eigenvalue weighted by Gasteiger charge is 2.25. The van der Waals surface area contributed by atoms with Gasteiger partial charge in [0.1, 0.15) is 12.7 Å². The highest BCUT2D eigenvalue weighted by molar-refractivity contribution is 5.80. The number of guanidine groups is 1. The zero-order valence-corrected chi connectivity index (χ0v) is 14.3. The van der Waals surface area contributed by atoms with Gasteiger partial charge in [-0.1, -0.05) is 30.3 Å². The van der Waals surface area contributed by atoms with Gasteiger partial charge in [-0.05, 0) is 24.8 Å². The highest BCUT2D eigenvalue weighted by Crippen LogP contribution is 2.26. The van der Waals surface area contributed by atoms with Crippen LogP contribution in [0.1, 0.15) is 30.7 Å². The molecule has 0 saturated carbocycles. The monoisotopic (exact) mass is 326 g/mol. The van der Waals surface area contributed by atoms with Crippen molar-refractivity contribution in [2.75, 3.05) is 26.7 Å². The maximum absolute atomic E-state index is 4.45. The normalized spacial score (nSPS) is 18.1. The Hall–Kier alpha value is -2.37. The topological polar surface area (TPSA) is 58.3 Å². The number of rotatable bonds is 6. The Balaban J connectivity index is 1.40. The predicted molar refractivity (Wildman–Crippen MR) is 96.0 cm³/mol. The quantitative estimate of drug-likeness (QED) is 0.502. The number of aryl methyl sites for hydroxylation is 1. The molecule has 1 aliphatic heterocycles. The number of likely N-dealkylation sites (tertiary alicyclic amines) is 1. The number of nitrogens with zero attached hydrogens (tertiary/aromatic N) is 5. The van der Waals surface area contributed by atoms with Crippen molar-refractivity contribution in [3.05, 3.63) is 48.5 Å². The number of nitrogens with one attached hydrogen (secondary N) is 1. The molecule has 2 aromatic rings. The summed E-state index contributed by atoms with van der Waals surface area (Å²) in [6.45, 7) is 4.03. The van der Waals surface area contributed by atoms with Gasteiger partial charge in [-0.15, -0.1) is 10.2 Å². The number of unbranched alkanes of at least 4 members (excludes halogenated alkanes) is 1. The van der Waals surface area contributed by atoms with Gasteiger partial charge in [-0.3, -0.25) is 4.99 Å². The number of hydrogen-bond donors (Lipinski definition) is 1. The SMILES string of the molecule is CN=C(NCCCCn1cnnc1)N1CCC(c2ccccc2)C1. The zero-order chi connectivity index (χ0) is 16.6. The van der Waals surface area contributed by atoms with Crippen molar-refractivity contribution >= 4 is 5.96 Å². The Morgan fingerprint density at radius 3 is 2.75 bits per heavy atom. The molecule has 1 atom stereocenters. The maximum Gasteiger partial charge on any atom is 0.193 e. The van der Waals surface area contributed by atoms with Crippen LogP contribution in [0.15, 0.2) is 48.0 Å². The first kappa shape index (κ1) is 16.5. The van der Waals surface area contributed by atoms with Gasteiger partial charge < -0.3 is 14.8 Å². The molecule has 1 aromatic heterocycles. The van der Waals surface area contributed by atoms with E-state index in [9.17, 15) is 0 Å². The lowest BCUT2D eigenvalue weighted by molar-refractivity contribution is 0.482. The third kappa shape index (κ3) is 4.34. The van der Waals surface area contributed by atoms with Crippen LogP contribution in [0.25, 0.3) is 0 Å². The van der Waals surface area contributed by atoms with Crippen LogP contribution >= 0.6 is 0 Å². The number of hydrogen-bond acceptors (Lipinski definition) is 3. The molecule has 1 saturated heterocycles. The Kier molecular flexibility index (Phi) is 5.82. The standard InChI is InChI=1S/C18H26N6/c1-19-18(20-10-5-6-11-23-14-21-22-15-23)24-12-9-17(13-24)16-7-3-2-4-8-16/h2-4,7-8,14-15,17H,5-6,9-13H2,1H3,(H,19,20). The molecule has 0 amide bonds. The van der Waals surface area contributed by atoms with Gasteiger partial charge in [0.25, 0.3) is 0 Å². The van der Waals surface area contributed by atoms with Crippen molar-refractivity contribution in [2.45, 2.75) is 31.7 Å². The molecule has 0 radical (unpaired) electrons. The van der Waals surface area contributed by atoms with Gasteiger partial charge in [0.15, 0.2) is 5.96 Å². The van der Waals surface area contributed by atoms with E-state index in [1.807, 2.05) is 11.6 Å². The fourth-order valence-electron chi connectivity index (χ4n) is 3.24. The minimum Gasteiger partial charge on any atom is -0.356 e. The van der Waals surface area contributed by atoms with Crippen molar-refractivity contribution in [3.63, 3.8) is 0 Å². The van der Waals surface area contributed by atoms with E-state index in [1.165, 1.54) is 12.0 Å². The summed E-state index contributed by atoms with van der Waals surface area (Å²) >= 11 is 0. The fourth-order valence-corrected chi connectivity index (χ4v) is 3.24. The molecule has 1 fully saturated rings. The highest BCUT2D eigenvalue weighted by atomic mass is 15.3. The summed E-state index contributed by atoms with van der Waals surface area (Å²) in [6.07, 6.45) is 6.93. The lowest BCUT2D eigenvalue weighted by Gasteiger charge is -2.21. The lowest BCUT2D eigenvalue weighted by atomic mass is 9.99. The third-order valence-corrected chi connectivity index (χ3v) is 4.56. The number of aromatic nitrogens is 3. The van der Waals surface area contributed by atoms with E-state index in [1.54, 1.807) is 12.7 Å². The van der Waals surface area contributed by atoms with Crippen molar-refractivity contribution in [1.29, 1.82) is 0 Å². The van der Waals surface area contributed by atoms with Crippen LogP contribution in [0.2, 0.25) is 0 Å².